The Labute approximate surface area is 132 Å². The lowest BCUT2D eigenvalue weighted by molar-refractivity contribution is -0.132. The van der Waals surface area contributed by atoms with Crippen molar-refractivity contribution in [1.82, 2.24) is 10.2 Å². The number of hydrogen-bond acceptors (Lipinski definition) is 2. The molecule has 22 heavy (non-hydrogen) atoms. The Morgan fingerprint density at radius 2 is 2.05 bits per heavy atom. The van der Waals surface area contributed by atoms with Crippen LogP contribution in [0, 0.1) is 19.3 Å². The number of aryl methyl sites for hydroxylation is 1. The number of nitrogens with zero attached hydrogens (tertiary/aromatic N) is 1. The molecule has 1 atom stereocenters. The zero-order valence-corrected chi connectivity index (χ0v) is 14.0. The van der Waals surface area contributed by atoms with Gasteiger partial charge in [-0.1, -0.05) is 12.1 Å². The molecule has 1 fully saturated rings. The van der Waals surface area contributed by atoms with Gasteiger partial charge in [-0.3, -0.25) is 9.59 Å². The van der Waals surface area contributed by atoms with Crippen molar-refractivity contribution in [3.63, 3.8) is 0 Å². The lowest BCUT2D eigenvalue weighted by Crippen LogP contribution is -2.52. The van der Waals surface area contributed by atoms with E-state index in [1.165, 1.54) is 0 Å². The molecular weight excluding hydrogens is 276 g/mol. The number of likely N-dealkylation sites (tertiary alicyclic amines) is 1. The van der Waals surface area contributed by atoms with Crippen molar-refractivity contribution in [2.24, 2.45) is 5.41 Å². The van der Waals surface area contributed by atoms with E-state index in [0.717, 1.165) is 36.1 Å². The molecule has 120 valence electrons. The fourth-order valence-corrected chi connectivity index (χ4v) is 3.13. The normalized spacial score (nSPS) is 21.5. The van der Waals surface area contributed by atoms with Crippen LogP contribution >= 0.6 is 0 Å². The summed E-state index contributed by atoms with van der Waals surface area (Å²) in [5.74, 6) is 0.0879. The van der Waals surface area contributed by atoms with Crippen molar-refractivity contribution >= 4 is 11.8 Å². The molecule has 0 aliphatic carbocycles. The minimum Gasteiger partial charge on any atom is -0.356 e. The molecule has 0 radical (unpaired) electrons. The number of hydrogen-bond donors (Lipinski definition) is 1. The number of carbonyl (C=O) groups is 2. The standard InChI is InChI=1S/C18H26N2O2/c1-5-19-17(22)18(4)10-7-11-20(12-18)16(21)15-9-6-8-13(2)14(15)3/h6,8-9H,5,7,10-12H2,1-4H3,(H,19,22). The molecular formula is C18H26N2O2. The Bertz CT molecular complexity index is 582. The Morgan fingerprint density at radius 3 is 2.73 bits per heavy atom. The van der Waals surface area contributed by atoms with Crippen LogP contribution in [0.1, 0.15) is 48.2 Å². The van der Waals surface area contributed by atoms with Crippen LogP contribution in [-0.2, 0) is 4.79 Å². The summed E-state index contributed by atoms with van der Waals surface area (Å²) in [5, 5.41) is 2.90. The summed E-state index contributed by atoms with van der Waals surface area (Å²) in [6, 6.07) is 5.81. The predicted molar refractivity (Wildman–Crippen MR) is 87.8 cm³/mol. The maximum Gasteiger partial charge on any atom is 0.254 e. The summed E-state index contributed by atoms with van der Waals surface area (Å²) in [6.07, 6.45) is 1.69. The van der Waals surface area contributed by atoms with E-state index in [1.807, 2.05) is 50.8 Å². The van der Waals surface area contributed by atoms with Gasteiger partial charge in [0.15, 0.2) is 0 Å². The van der Waals surface area contributed by atoms with Gasteiger partial charge in [0.2, 0.25) is 5.91 Å². The molecule has 1 heterocycles. The summed E-state index contributed by atoms with van der Waals surface area (Å²) in [6.45, 7) is 9.71. The average Bonchev–Trinajstić information content (AvgIpc) is 2.49. The number of rotatable bonds is 3. The molecule has 0 spiro atoms. The van der Waals surface area contributed by atoms with E-state index in [-0.39, 0.29) is 11.8 Å². The Morgan fingerprint density at radius 1 is 1.32 bits per heavy atom. The number of amides is 2. The molecule has 0 aromatic heterocycles. The van der Waals surface area contributed by atoms with Gasteiger partial charge < -0.3 is 10.2 Å². The molecule has 2 amide bonds. The molecule has 1 saturated heterocycles. The molecule has 2 rings (SSSR count). The van der Waals surface area contributed by atoms with Gasteiger partial charge in [0.25, 0.3) is 5.91 Å². The van der Waals surface area contributed by atoms with Gasteiger partial charge in [0.05, 0.1) is 5.41 Å². The number of benzene rings is 1. The van der Waals surface area contributed by atoms with Crippen molar-refractivity contribution < 1.29 is 9.59 Å². The van der Waals surface area contributed by atoms with Gasteiger partial charge in [-0.25, -0.2) is 0 Å². The topological polar surface area (TPSA) is 49.4 Å². The monoisotopic (exact) mass is 302 g/mol. The maximum absolute atomic E-state index is 12.8. The quantitative estimate of drug-likeness (QED) is 0.933. The highest BCUT2D eigenvalue weighted by atomic mass is 16.2. The largest absolute Gasteiger partial charge is 0.356 e. The van der Waals surface area contributed by atoms with Crippen LogP contribution in [0.3, 0.4) is 0 Å². The highest BCUT2D eigenvalue weighted by Crippen LogP contribution is 2.31. The van der Waals surface area contributed by atoms with Gasteiger partial charge in [-0.15, -0.1) is 0 Å². The Hall–Kier alpha value is -1.84. The third kappa shape index (κ3) is 3.16. The summed E-state index contributed by atoms with van der Waals surface area (Å²) >= 11 is 0. The first-order chi connectivity index (χ1) is 10.4. The van der Waals surface area contributed by atoms with Crippen LogP contribution < -0.4 is 5.32 Å². The third-order valence-corrected chi connectivity index (χ3v) is 4.70. The zero-order chi connectivity index (χ0) is 16.3. The molecule has 4 nitrogen and oxygen atoms in total. The van der Waals surface area contributed by atoms with Gasteiger partial charge in [-0.2, -0.15) is 0 Å². The summed E-state index contributed by atoms with van der Waals surface area (Å²) in [7, 11) is 0. The van der Waals surface area contributed by atoms with Crippen LogP contribution in [0.5, 0.6) is 0 Å². The van der Waals surface area contributed by atoms with Crippen LogP contribution in [0.4, 0.5) is 0 Å². The van der Waals surface area contributed by atoms with Gasteiger partial charge in [0.1, 0.15) is 0 Å². The van der Waals surface area contributed by atoms with E-state index in [1.54, 1.807) is 0 Å². The summed E-state index contributed by atoms with van der Waals surface area (Å²) in [4.78, 5) is 27.0. The molecule has 4 heteroatoms. The molecule has 1 aromatic rings. The molecule has 0 bridgehead atoms. The average molecular weight is 302 g/mol. The maximum atomic E-state index is 12.8. The number of nitrogens with one attached hydrogen (secondary N) is 1. The lowest BCUT2D eigenvalue weighted by atomic mass is 9.80. The third-order valence-electron chi connectivity index (χ3n) is 4.70. The number of carbonyl (C=O) groups excluding carboxylic acids is 2. The summed E-state index contributed by atoms with van der Waals surface area (Å²) < 4.78 is 0. The molecule has 1 aliphatic heterocycles. The van der Waals surface area contributed by atoms with E-state index in [4.69, 9.17) is 0 Å². The van der Waals surface area contributed by atoms with E-state index in [0.29, 0.717) is 13.1 Å². The zero-order valence-electron chi connectivity index (χ0n) is 14.0. The van der Waals surface area contributed by atoms with E-state index in [2.05, 4.69) is 5.32 Å². The molecule has 1 aromatic carbocycles. The second-order valence-electron chi connectivity index (χ2n) is 6.50. The van der Waals surface area contributed by atoms with Gasteiger partial charge in [0, 0.05) is 25.2 Å². The molecule has 1 unspecified atom stereocenters. The van der Waals surface area contributed by atoms with Crippen molar-refractivity contribution in [2.75, 3.05) is 19.6 Å². The van der Waals surface area contributed by atoms with E-state index < -0.39 is 5.41 Å². The second-order valence-corrected chi connectivity index (χ2v) is 6.50. The van der Waals surface area contributed by atoms with Crippen molar-refractivity contribution in [3.8, 4) is 0 Å². The van der Waals surface area contributed by atoms with E-state index in [9.17, 15) is 9.59 Å². The van der Waals surface area contributed by atoms with Crippen molar-refractivity contribution in [1.29, 1.82) is 0 Å². The van der Waals surface area contributed by atoms with Gasteiger partial charge >= 0.3 is 0 Å². The van der Waals surface area contributed by atoms with Crippen LogP contribution in [0.25, 0.3) is 0 Å². The fourth-order valence-electron chi connectivity index (χ4n) is 3.13. The van der Waals surface area contributed by atoms with Crippen LogP contribution in [0.2, 0.25) is 0 Å². The summed E-state index contributed by atoms with van der Waals surface area (Å²) in [5.41, 5.74) is 2.41. The van der Waals surface area contributed by atoms with Crippen molar-refractivity contribution in [3.05, 3.63) is 34.9 Å². The molecule has 0 saturated carbocycles. The Balaban J connectivity index is 2.20. The smallest absolute Gasteiger partial charge is 0.254 e. The minimum absolute atomic E-state index is 0.0384. The Kier molecular flexibility index (Phi) is 4.89. The second kappa shape index (κ2) is 6.51. The molecule has 1 N–H and O–H groups in total. The van der Waals surface area contributed by atoms with Crippen LogP contribution in [-0.4, -0.2) is 36.3 Å². The van der Waals surface area contributed by atoms with Gasteiger partial charge in [-0.05, 0) is 57.7 Å². The highest BCUT2D eigenvalue weighted by molar-refractivity contribution is 5.96. The van der Waals surface area contributed by atoms with Crippen LogP contribution in [0.15, 0.2) is 18.2 Å². The predicted octanol–water partition coefficient (Wildman–Crippen LogP) is 2.68. The van der Waals surface area contributed by atoms with Crippen molar-refractivity contribution in [2.45, 2.75) is 40.5 Å². The SMILES string of the molecule is CCNC(=O)C1(C)CCCN(C(=O)c2cccc(C)c2C)C1. The minimum atomic E-state index is -0.484. The number of piperidine rings is 1. The first kappa shape index (κ1) is 16.5. The highest BCUT2D eigenvalue weighted by Gasteiger charge is 2.39. The van der Waals surface area contributed by atoms with E-state index >= 15 is 0 Å². The first-order valence-electron chi connectivity index (χ1n) is 8.03. The molecule has 1 aliphatic rings. The first-order valence-corrected chi connectivity index (χ1v) is 8.03. The fraction of sp³-hybridized carbons (Fsp3) is 0.556. The lowest BCUT2D eigenvalue weighted by Gasteiger charge is -2.39.